The Labute approximate surface area is 85.7 Å². The van der Waals surface area contributed by atoms with Gasteiger partial charge in [-0.15, -0.1) is 0 Å². The van der Waals surface area contributed by atoms with Crippen molar-refractivity contribution < 1.29 is 4.84 Å². The number of oxime groups is 1. The van der Waals surface area contributed by atoms with Crippen LogP contribution in [0.5, 0.6) is 0 Å². The van der Waals surface area contributed by atoms with Gasteiger partial charge in [0, 0.05) is 11.8 Å². The SMILES string of the molecule is CCCC1CC2CC1C1ON=C(C)C21. The van der Waals surface area contributed by atoms with E-state index in [0.717, 1.165) is 17.8 Å². The zero-order valence-corrected chi connectivity index (χ0v) is 9.07. The molecule has 14 heavy (non-hydrogen) atoms. The van der Waals surface area contributed by atoms with E-state index in [1.54, 1.807) is 0 Å². The lowest BCUT2D eigenvalue weighted by molar-refractivity contribution is 0.00561. The molecule has 2 aliphatic carbocycles. The van der Waals surface area contributed by atoms with Gasteiger partial charge in [0.25, 0.3) is 0 Å². The van der Waals surface area contributed by atoms with E-state index in [2.05, 4.69) is 19.0 Å². The predicted molar refractivity (Wildman–Crippen MR) is 56.1 cm³/mol. The fourth-order valence-electron chi connectivity index (χ4n) is 4.06. The maximum absolute atomic E-state index is 5.59. The third-order valence-electron chi connectivity index (χ3n) is 4.53. The van der Waals surface area contributed by atoms with Crippen molar-refractivity contribution in [1.29, 1.82) is 0 Å². The Morgan fingerprint density at radius 3 is 3.07 bits per heavy atom. The average Bonchev–Trinajstić information content (AvgIpc) is 2.78. The minimum Gasteiger partial charge on any atom is -0.392 e. The normalized spacial score (nSPS) is 49.0. The first-order valence-corrected chi connectivity index (χ1v) is 6.01. The van der Waals surface area contributed by atoms with Crippen molar-refractivity contribution in [2.24, 2.45) is 28.8 Å². The molecule has 0 aromatic rings. The summed E-state index contributed by atoms with van der Waals surface area (Å²) in [6.45, 7) is 4.43. The van der Waals surface area contributed by atoms with Crippen LogP contribution in [0.4, 0.5) is 0 Å². The number of nitrogens with zero attached hydrogens (tertiary/aromatic N) is 1. The molecular formula is C12H19NO. The predicted octanol–water partition coefficient (Wildman–Crippen LogP) is 2.83. The van der Waals surface area contributed by atoms with Crippen LogP contribution in [0.15, 0.2) is 5.16 Å². The van der Waals surface area contributed by atoms with Crippen molar-refractivity contribution in [1.82, 2.24) is 0 Å². The standard InChI is InChI=1S/C12H19NO/c1-3-4-8-5-9-6-10(8)12-11(9)7(2)13-14-12/h8-12H,3-6H2,1-2H3. The van der Waals surface area contributed by atoms with Gasteiger partial charge in [0.05, 0.1) is 5.71 Å². The summed E-state index contributed by atoms with van der Waals surface area (Å²) in [7, 11) is 0. The van der Waals surface area contributed by atoms with Crippen molar-refractivity contribution in [3.63, 3.8) is 0 Å². The Hall–Kier alpha value is -0.530. The van der Waals surface area contributed by atoms with Crippen LogP contribution in [0.3, 0.4) is 0 Å². The van der Waals surface area contributed by atoms with E-state index >= 15 is 0 Å². The first kappa shape index (κ1) is 8.75. The molecule has 2 bridgehead atoms. The maximum Gasteiger partial charge on any atom is 0.139 e. The van der Waals surface area contributed by atoms with Crippen LogP contribution in [0.25, 0.3) is 0 Å². The van der Waals surface area contributed by atoms with E-state index in [9.17, 15) is 0 Å². The lowest BCUT2D eigenvalue weighted by Gasteiger charge is -2.29. The van der Waals surface area contributed by atoms with Crippen molar-refractivity contribution in [2.45, 2.75) is 45.6 Å². The third-order valence-corrected chi connectivity index (χ3v) is 4.53. The van der Waals surface area contributed by atoms with Crippen LogP contribution in [-0.2, 0) is 4.84 Å². The zero-order valence-electron chi connectivity index (χ0n) is 9.07. The summed E-state index contributed by atoms with van der Waals surface area (Å²) >= 11 is 0. The Morgan fingerprint density at radius 2 is 2.29 bits per heavy atom. The Bertz CT molecular complexity index is 273. The quantitative estimate of drug-likeness (QED) is 0.661. The summed E-state index contributed by atoms with van der Waals surface area (Å²) in [5.74, 6) is 3.35. The molecule has 2 fully saturated rings. The topological polar surface area (TPSA) is 21.6 Å². The van der Waals surface area contributed by atoms with Crippen molar-refractivity contribution >= 4 is 5.71 Å². The second kappa shape index (κ2) is 2.98. The largest absolute Gasteiger partial charge is 0.392 e. The summed E-state index contributed by atoms with van der Waals surface area (Å²) in [6.07, 6.45) is 6.03. The van der Waals surface area contributed by atoms with Gasteiger partial charge < -0.3 is 4.84 Å². The van der Waals surface area contributed by atoms with Gasteiger partial charge in [-0.2, -0.15) is 0 Å². The van der Waals surface area contributed by atoms with Gasteiger partial charge in [0.2, 0.25) is 0 Å². The molecule has 0 aromatic heterocycles. The third kappa shape index (κ3) is 0.999. The summed E-state index contributed by atoms with van der Waals surface area (Å²) in [5, 5.41) is 4.17. The number of fused-ring (bicyclic) bond motifs is 5. The van der Waals surface area contributed by atoms with E-state index in [1.165, 1.54) is 31.4 Å². The smallest absolute Gasteiger partial charge is 0.139 e. The van der Waals surface area contributed by atoms with Crippen molar-refractivity contribution in [3.8, 4) is 0 Å². The van der Waals surface area contributed by atoms with Crippen LogP contribution < -0.4 is 0 Å². The van der Waals surface area contributed by atoms with Gasteiger partial charge in [-0.3, -0.25) is 0 Å². The van der Waals surface area contributed by atoms with E-state index in [-0.39, 0.29) is 0 Å². The highest BCUT2D eigenvalue weighted by Crippen LogP contribution is 2.56. The Kier molecular flexibility index (Phi) is 1.86. The fraction of sp³-hybridized carbons (Fsp3) is 0.917. The molecule has 5 unspecified atom stereocenters. The number of hydrogen-bond donors (Lipinski definition) is 0. The highest BCUT2D eigenvalue weighted by Gasteiger charge is 2.56. The number of rotatable bonds is 2. The second-order valence-corrected chi connectivity index (χ2v) is 5.27. The van der Waals surface area contributed by atoms with Crippen LogP contribution in [0.2, 0.25) is 0 Å². The van der Waals surface area contributed by atoms with Gasteiger partial charge in [0.1, 0.15) is 6.10 Å². The molecule has 0 radical (unpaired) electrons. The van der Waals surface area contributed by atoms with E-state index in [0.29, 0.717) is 12.0 Å². The van der Waals surface area contributed by atoms with E-state index < -0.39 is 0 Å². The van der Waals surface area contributed by atoms with Gasteiger partial charge in [-0.05, 0) is 31.6 Å². The average molecular weight is 193 g/mol. The van der Waals surface area contributed by atoms with Crippen molar-refractivity contribution in [3.05, 3.63) is 0 Å². The second-order valence-electron chi connectivity index (χ2n) is 5.27. The Balaban J connectivity index is 1.78. The zero-order chi connectivity index (χ0) is 9.71. The maximum atomic E-state index is 5.59. The van der Waals surface area contributed by atoms with E-state index in [4.69, 9.17) is 4.84 Å². The molecule has 78 valence electrons. The molecule has 2 nitrogen and oxygen atoms in total. The molecule has 1 aliphatic heterocycles. The Morgan fingerprint density at radius 1 is 1.43 bits per heavy atom. The van der Waals surface area contributed by atoms with Gasteiger partial charge in [0.15, 0.2) is 0 Å². The molecule has 0 spiro atoms. The molecule has 2 heteroatoms. The van der Waals surface area contributed by atoms with Gasteiger partial charge in [-0.1, -0.05) is 24.9 Å². The van der Waals surface area contributed by atoms with Gasteiger partial charge >= 0.3 is 0 Å². The summed E-state index contributed by atoms with van der Waals surface area (Å²) in [5.41, 5.74) is 1.26. The van der Waals surface area contributed by atoms with Gasteiger partial charge in [-0.25, -0.2) is 0 Å². The van der Waals surface area contributed by atoms with Crippen LogP contribution >= 0.6 is 0 Å². The lowest BCUT2D eigenvalue weighted by Crippen LogP contribution is -2.33. The summed E-state index contributed by atoms with van der Waals surface area (Å²) in [6, 6.07) is 0. The highest BCUT2D eigenvalue weighted by molar-refractivity contribution is 5.86. The van der Waals surface area contributed by atoms with Crippen molar-refractivity contribution in [2.75, 3.05) is 0 Å². The molecule has 1 heterocycles. The molecule has 0 N–H and O–H groups in total. The minimum absolute atomic E-state index is 0.463. The fourth-order valence-corrected chi connectivity index (χ4v) is 4.06. The first-order chi connectivity index (χ1) is 6.81. The molecular weight excluding hydrogens is 174 g/mol. The molecule has 3 aliphatic rings. The molecule has 0 aromatic carbocycles. The molecule has 5 atom stereocenters. The molecule has 0 amide bonds. The molecule has 3 rings (SSSR count). The molecule has 0 saturated heterocycles. The summed E-state index contributed by atoms with van der Waals surface area (Å²) < 4.78 is 0. The highest BCUT2D eigenvalue weighted by atomic mass is 16.6. The summed E-state index contributed by atoms with van der Waals surface area (Å²) in [4.78, 5) is 5.59. The van der Waals surface area contributed by atoms with Crippen LogP contribution in [0, 0.1) is 23.7 Å². The first-order valence-electron chi connectivity index (χ1n) is 6.01. The van der Waals surface area contributed by atoms with Crippen LogP contribution in [-0.4, -0.2) is 11.8 Å². The monoisotopic (exact) mass is 193 g/mol. The van der Waals surface area contributed by atoms with Crippen LogP contribution in [0.1, 0.15) is 39.5 Å². The number of hydrogen-bond acceptors (Lipinski definition) is 2. The van der Waals surface area contributed by atoms with E-state index in [1.807, 2.05) is 0 Å². The molecule has 2 saturated carbocycles. The minimum atomic E-state index is 0.463. The lowest BCUT2D eigenvalue weighted by atomic mass is 9.77.